The van der Waals surface area contributed by atoms with Crippen LogP contribution in [0.2, 0.25) is 0 Å². The molecule has 1 aliphatic rings. The van der Waals surface area contributed by atoms with Gasteiger partial charge >= 0.3 is 16.4 Å². The highest BCUT2D eigenvalue weighted by Gasteiger charge is 2.43. The summed E-state index contributed by atoms with van der Waals surface area (Å²) in [6.07, 6.45) is 0. The molecular formula is C22H18N4O18S5. The van der Waals surface area contributed by atoms with Crippen molar-refractivity contribution in [3.8, 4) is 0 Å². The molecule has 264 valence electrons. The molecule has 1 aliphatic heterocycles. The van der Waals surface area contributed by atoms with Crippen molar-refractivity contribution < 1.29 is 79.2 Å². The number of carbonyl (C=O) groups excluding carboxylic acids is 1. The number of hydrazone groups is 1. The monoisotopic (exact) mass is 786 g/mol. The molecule has 0 bridgehead atoms. The first-order chi connectivity index (χ1) is 22.3. The average Bonchev–Trinajstić information content (AvgIpc) is 3.28. The number of carboxylic acid groups (broad SMARTS) is 1. The van der Waals surface area contributed by atoms with Crippen molar-refractivity contribution in [2.24, 2.45) is 15.3 Å². The summed E-state index contributed by atoms with van der Waals surface area (Å²) >= 11 is 0. The molecule has 0 fully saturated rings. The lowest BCUT2D eigenvalue weighted by Crippen LogP contribution is -2.33. The highest BCUT2D eigenvalue weighted by Crippen LogP contribution is 2.38. The first kappa shape index (κ1) is 37.5. The first-order valence-corrected chi connectivity index (χ1v) is 19.7. The Labute approximate surface area is 275 Å². The minimum atomic E-state index is -5.38. The summed E-state index contributed by atoms with van der Waals surface area (Å²) in [6.45, 7) is -1.10. The van der Waals surface area contributed by atoms with E-state index in [2.05, 4.69) is 19.5 Å². The quantitative estimate of drug-likeness (QED) is 0.120. The topological polar surface area (TPSA) is 356 Å². The normalized spacial score (nSPS) is 16.4. The molecule has 0 spiro atoms. The minimum Gasteiger partial charge on any atom is -0.477 e. The smallest absolute Gasteiger partial charge is 0.397 e. The van der Waals surface area contributed by atoms with Crippen molar-refractivity contribution in [1.29, 1.82) is 0 Å². The van der Waals surface area contributed by atoms with Crippen molar-refractivity contribution in [2.75, 3.05) is 17.4 Å². The lowest BCUT2D eigenvalue weighted by Gasteiger charge is -2.18. The number of carbonyl (C=O) groups is 2. The van der Waals surface area contributed by atoms with Gasteiger partial charge in [0.15, 0.2) is 15.5 Å². The van der Waals surface area contributed by atoms with Gasteiger partial charge in [0.1, 0.15) is 20.4 Å². The Hall–Kier alpha value is -4.32. The maximum absolute atomic E-state index is 13.4. The summed E-state index contributed by atoms with van der Waals surface area (Å²) in [5, 5.41) is 19.3. The third-order valence-electron chi connectivity index (χ3n) is 6.28. The summed E-state index contributed by atoms with van der Waals surface area (Å²) in [7, 11) is -25.2. The van der Waals surface area contributed by atoms with E-state index in [1.54, 1.807) is 0 Å². The molecule has 1 unspecified atom stereocenters. The van der Waals surface area contributed by atoms with Gasteiger partial charge < -0.3 is 5.11 Å². The number of fused-ring (bicyclic) bond motifs is 1. The molecule has 1 heterocycles. The molecule has 3 aromatic rings. The maximum Gasteiger partial charge on any atom is 0.397 e. The third-order valence-corrected chi connectivity index (χ3v) is 11.2. The van der Waals surface area contributed by atoms with Gasteiger partial charge in [-0.1, -0.05) is 18.2 Å². The zero-order valence-corrected chi connectivity index (χ0v) is 27.6. The van der Waals surface area contributed by atoms with Crippen LogP contribution in [0.4, 0.5) is 11.4 Å². The summed E-state index contributed by atoms with van der Waals surface area (Å²) in [4.78, 5) is 21.3. The fourth-order valence-corrected chi connectivity index (χ4v) is 8.11. The van der Waals surface area contributed by atoms with Crippen molar-refractivity contribution in [1.82, 2.24) is 0 Å². The Morgan fingerprint density at radius 1 is 0.816 bits per heavy atom. The number of sulfone groups is 1. The molecule has 4 rings (SSSR count). The van der Waals surface area contributed by atoms with E-state index in [1.807, 2.05) is 0 Å². The highest BCUT2D eigenvalue weighted by atomic mass is 32.3. The zero-order chi connectivity index (χ0) is 36.9. The molecule has 1 amide bonds. The van der Waals surface area contributed by atoms with E-state index in [0.717, 1.165) is 30.3 Å². The zero-order valence-electron chi connectivity index (χ0n) is 23.5. The SMILES string of the molecule is O=C(O)C1=NN(c2ccc3c(S(=O)(=O)O)cccc3c2S(=O)(=O)O)C(=O)C1N=Nc1ccc(S(=O)(=O)CCOS(=O)(=O)O)cc1S(=O)(=O)O. The van der Waals surface area contributed by atoms with Gasteiger partial charge in [0.2, 0.25) is 6.04 Å². The Bertz CT molecular complexity index is 2550. The summed E-state index contributed by atoms with van der Waals surface area (Å²) < 4.78 is 161. The van der Waals surface area contributed by atoms with Crippen LogP contribution in [0.25, 0.3) is 10.8 Å². The molecule has 5 N–H and O–H groups in total. The molecule has 27 heteroatoms. The van der Waals surface area contributed by atoms with Gasteiger partial charge in [0, 0.05) is 10.8 Å². The van der Waals surface area contributed by atoms with Gasteiger partial charge in [-0.15, -0.1) is 0 Å². The van der Waals surface area contributed by atoms with Gasteiger partial charge in [-0.05, 0) is 30.3 Å². The van der Waals surface area contributed by atoms with E-state index in [1.165, 1.54) is 0 Å². The van der Waals surface area contributed by atoms with Crippen LogP contribution in [0.3, 0.4) is 0 Å². The Kier molecular flexibility index (Phi) is 9.84. The predicted octanol–water partition coefficient (Wildman–Crippen LogP) is 0.113. The fraction of sp³-hybridized carbons (Fsp3) is 0.136. The van der Waals surface area contributed by atoms with Crippen LogP contribution in [-0.4, -0.2) is 101 Å². The van der Waals surface area contributed by atoms with E-state index >= 15 is 0 Å². The molecule has 49 heavy (non-hydrogen) atoms. The number of hydrogen-bond donors (Lipinski definition) is 5. The number of hydrogen-bond acceptors (Lipinski definition) is 16. The molecule has 0 radical (unpaired) electrons. The number of rotatable bonds is 12. The molecule has 22 nitrogen and oxygen atoms in total. The molecule has 0 aromatic heterocycles. The van der Waals surface area contributed by atoms with Gasteiger partial charge in [0.25, 0.3) is 36.3 Å². The number of azo groups is 1. The molecule has 0 aliphatic carbocycles. The number of amides is 1. The van der Waals surface area contributed by atoms with Crippen LogP contribution in [0.1, 0.15) is 0 Å². The summed E-state index contributed by atoms with van der Waals surface area (Å²) in [6, 6.07) is 3.94. The molecule has 3 aromatic carbocycles. The van der Waals surface area contributed by atoms with Crippen LogP contribution in [0.15, 0.2) is 83.4 Å². The van der Waals surface area contributed by atoms with Crippen LogP contribution in [-0.2, 0) is 64.4 Å². The summed E-state index contributed by atoms with van der Waals surface area (Å²) in [5.74, 6) is -4.52. The van der Waals surface area contributed by atoms with Gasteiger partial charge in [-0.25, -0.2) is 17.4 Å². The second-order valence-corrected chi connectivity index (χ2v) is 16.8. The molecule has 1 atom stereocenters. The number of nitrogens with zero attached hydrogens (tertiary/aromatic N) is 4. The lowest BCUT2D eigenvalue weighted by molar-refractivity contribution is -0.130. The van der Waals surface area contributed by atoms with E-state index in [0.29, 0.717) is 18.2 Å². The van der Waals surface area contributed by atoms with Crippen molar-refractivity contribution in [3.05, 3.63) is 48.5 Å². The Morgan fingerprint density at radius 3 is 2.00 bits per heavy atom. The van der Waals surface area contributed by atoms with E-state index < -0.39 is 128 Å². The van der Waals surface area contributed by atoms with E-state index in [9.17, 15) is 70.4 Å². The largest absolute Gasteiger partial charge is 0.477 e. The average molecular weight is 787 g/mol. The van der Waals surface area contributed by atoms with Gasteiger partial charge in [0.05, 0.1) is 22.9 Å². The lowest BCUT2D eigenvalue weighted by atomic mass is 10.1. The second-order valence-electron chi connectivity index (χ2n) is 9.45. The Balaban J connectivity index is 1.80. The number of anilines is 1. The standard InChI is InChI=1S/C22H18N4O18S5/c27-21-18(24-23-14-6-4-11(10-17(14)47(35,36)37)45(30,31)9-8-44-49(41,42)43)19(22(28)29)25-26(21)15-7-5-12-13(20(15)48(38,39)40)2-1-3-16(12)46(32,33)34/h1-7,10,18H,8-9H2,(H,28,29)(H,32,33,34)(H,35,36,37)(H,38,39,40)(H,41,42,43). The minimum absolute atomic E-state index is 0.157. The predicted molar refractivity (Wildman–Crippen MR) is 160 cm³/mol. The maximum atomic E-state index is 13.4. The van der Waals surface area contributed by atoms with Crippen LogP contribution < -0.4 is 5.01 Å². The van der Waals surface area contributed by atoms with Crippen LogP contribution in [0, 0.1) is 0 Å². The number of carboxylic acids is 1. The first-order valence-electron chi connectivity index (χ1n) is 12.4. The summed E-state index contributed by atoms with van der Waals surface area (Å²) in [5.41, 5.74) is -2.84. The second kappa shape index (κ2) is 12.9. The van der Waals surface area contributed by atoms with E-state index in [-0.39, 0.29) is 5.01 Å². The molecule has 0 saturated carbocycles. The highest BCUT2D eigenvalue weighted by molar-refractivity contribution is 7.91. The fourth-order valence-electron chi connectivity index (χ4n) is 4.30. The van der Waals surface area contributed by atoms with E-state index in [4.69, 9.17) is 4.55 Å². The van der Waals surface area contributed by atoms with Crippen molar-refractivity contribution >= 4 is 90.3 Å². The molecular weight excluding hydrogens is 769 g/mol. The van der Waals surface area contributed by atoms with Crippen LogP contribution >= 0.6 is 0 Å². The van der Waals surface area contributed by atoms with Crippen molar-refractivity contribution in [3.63, 3.8) is 0 Å². The third kappa shape index (κ3) is 8.12. The van der Waals surface area contributed by atoms with Gasteiger partial charge in [-0.3, -0.25) is 23.0 Å². The van der Waals surface area contributed by atoms with Gasteiger partial charge in [-0.2, -0.15) is 54.0 Å². The van der Waals surface area contributed by atoms with Crippen LogP contribution in [0.5, 0.6) is 0 Å². The number of aliphatic carboxylic acids is 1. The Morgan fingerprint density at radius 2 is 1.45 bits per heavy atom. The van der Waals surface area contributed by atoms with Crippen molar-refractivity contribution in [2.45, 2.75) is 25.6 Å². The molecule has 0 saturated heterocycles. The number of benzene rings is 3.